The average molecular weight is 306 g/mol. The van der Waals surface area contributed by atoms with Gasteiger partial charge in [-0.15, -0.1) is 11.3 Å². The molecule has 2 atom stereocenters. The zero-order valence-electron chi connectivity index (χ0n) is 11.7. The van der Waals surface area contributed by atoms with Crippen LogP contribution < -0.4 is 0 Å². The molecule has 5 nitrogen and oxygen atoms in total. The van der Waals surface area contributed by atoms with Crippen LogP contribution in [0, 0.1) is 5.92 Å². The van der Waals surface area contributed by atoms with Crippen molar-refractivity contribution in [1.29, 1.82) is 0 Å². The maximum atomic E-state index is 12.7. The molecule has 1 aliphatic heterocycles. The zero-order valence-corrected chi connectivity index (χ0v) is 12.5. The van der Waals surface area contributed by atoms with Crippen molar-refractivity contribution in [1.82, 2.24) is 9.88 Å². The van der Waals surface area contributed by atoms with E-state index in [0.29, 0.717) is 0 Å². The molecule has 0 unspecified atom stereocenters. The number of amides is 1. The topological polar surface area (TPSA) is 70.5 Å². The average Bonchev–Trinajstić information content (AvgIpc) is 3.16. The van der Waals surface area contributed by atoms with E-state index in [1.54, 1.807) is 5.38 Å². The molecule has 0 saturated carbocycles. The molecule has 0 bridgehead atoms. The third-order valence-electron chi connectivity index (χ3n) is 4.18. The molecular weight excluding hydrogens is 288 g/mol. The first-order valence-electron chi connectivity index (χ1n) is 7.31. The molecule has 2 aliphatic rings. The van der Waals surface area contributed by atoms with Crippen molar-refractivity contribution in [2.75, 3.05) is 6.54 Å². The number of nitrogens with zero attached hydrogens (tertiary/aromatic N) is 2. The number of rotatable bonds is 3. The van der Waals surface area contributed by atoms with Crippen molar-refractivity contribution in [2.45, 2.75) is 38.1 Å². The van der Waals surface area contributed by atoms with E-state index in [-0.39, 0.29) is 23.6 Å². The molecule has 0 aromatic carbocycles. The van der Waals surface area contributed by atoms with E-state index in [4.69, 9.17) is 5.11 Å². The predicted molar refractivity (Wildman–Crippen MR) is 79.2 cm³/mol. The van der Waals surface area contributed by atoms with Crippen LogP contribution in [0.5, 0.6) is 0 Å². The van der Waals surface area contributed by atoms with Gasteiger partial charge in [-0.25, -0.2) is 9.78 Å². The van der Waals surface area contributed by atoms with Crippen LogP contribution in [0.2, 0.25) is 0 Å². The summed E-state index contributed by atoms with van der Waals surface area (Å²) in [7, 11) is 0. The maximum Gasteiger partial charge on any atom is 0.355 e. The minimum absolute atomic E-state index is 0.0403. The van der Waals surface area contributed by atoms with Gasteiger partial charge in [-0.3, -0.25) is 4.79 Å². The fourth-order valence-corrected chi connectivity index (χ4v) is 4.02. The van der Waals surface area contributed by atoms with E-state index in [0.717, 1.165) is 43.7 Å². The first-order valence-corrected chi connectivity index (χ1v) is 8.19. The van der Waals surface area contributed by atoms with Crippen LogP contribution >= 0.6 is 11.3 Å². The van der Waals surface area contributed by atoms with E-state index < -0.39 is 5.97 Å². The maximum absolute atomic E-state index is 12.7. The smallest absolute Gasteiger partial charge is 0.355 e. The molecule has 1 fully saturated rings. The Kier molecular flexibility index (Phi) is 4.05. The van der Waals surface area contributed by atoms with Crippen molar-refractivity contribution in [3.05, 3.63) is 28.2 Å². The Hall–Kier alpha value is -1.69. The van der Waals surface area contributed by atoms with Gasteiger partial charge in [0.15, 0.2) is 5.69 Å². The number of aromatic carboxylic acids is 1. The van der Waals surface area contributed by atoms with Gasteiger partial charge in [0.05, 0.1) is 6.04 Å². The van der Waals surface area contributed by atoms with Crippen molar-refractivity contribution >= 4 is 23.2 Å². The van der Waals surface area contributed by atoms with Gasteiger partial charge in [-0.05, 0) is 32.1 Å². The molecule has 3 rings (SSSR count). The van der Waals surface area contributed by atoms with Crippen LogP contribution in [-0.2, 0) is 4.79 Å². The summed E-state index contributed by atoms with van der Waals surface area (Å²) in [6.45, 7) is 0.756. The Morgan fingerprint density at radius 2 is 2.19 bits per heavy atom. The van der Waals surface area contributed by atoms with Crippen LogP contribution in [0.1, 0.15) is 53.6 Å². The Labute approximate surface area is 127 Å². The highest BCUT2D eigenvalue weighted by Crippen LogP contribution is 2.36. The van der Waals surface area contributed by atoms with Crippen LogP contribution in [-0.4, -0.2) is 33.4 Å². The van der Waals surface area contributed by atoms with Gasteiger partial charge in [0.2, 0.25) is 5.91 Å². The summed E-state index contributed by atoms with van der Waals surface area (Å²) < 4.78 is 0. The lowest BCUT2D eigenvalue weighted by atomic mass is 9.93. The van der Waals surface area contributed by atoms with E-state index in [2.05, 4.69) is 17.1 Å². The minimum atomic E-state index is -1.01. The predicted octanol–water partition coefficient (Wildman–Crippen LogP) is 2.86. The number of aromatic nitrogens is 1. The van der Waals surface area contributed by atoms with E-state index >= 15 is 0 Å². The van der Waals surface area contributed by atoms with Crippen LogP contribution in [0.4, 0.5) is 0 Å². The molecule has 1 aromatic heterocycles. The fraction of sp³-hybridized carbons (Fsp3) is 0.533. The number of carbonyl (C=O) groups is 2. The molecule has 1 aliphatic carbocycles. The van der Waals surface area contributed by atoms with Gasteiger partial charge >= 0.3 is 5.97 Å². The Balaban J connectivity index is 1.76. The standard InChI is InChI=1S/C15H18N2O3S/c18-14(10-5-2-1-3-6-10)17-8-4-7-12(17)13-16-11(9-21-13)15(19)20/h1-2,9-10,12H,3-8H2,(H,19,20)/t10-,12+/m1/s1. The van der Waals surface area contributed by atoms with Gasteiger partial charge in [0, 0.05) is 17.8 Å². The summed E-state index contributed by atoms with van der Waals surface area (Å²) in [6, 6.07) is -0.0403. The molecule has 1 N–H and O–H groups in total. The lowest BCUT2D eigenvalue weighted by molar-refractivity contribution is -0.136. The SMILES string of the molecule is O=C(O)c1csc([C@@H]2CCCN2C(=O)[C@@H]2CC=CCC2)n1. The second-order valence-electron chi connectivity index (χ2n) is 5.55. The van der Waals surface area contributed by atoms with Crippen LogP contribution in [0.25, 0.3) is 0 Å². The Morgan fingerprint density at radius 3 is 2.86 bits per heavy atom. The molecule has 1 aromatic rings. The van der Waals surface area contributed by atoms with Crippen molar-refractivity contribution in [3.8, 4) is 0 Å². The summed E-state index contributed by atoms with van der Waals surface area (Å²) in [6.07, 6.45) is 8.75. The number of carboxylic acids is 1. The molecule has 0 radical (unpaired) electrons. The van der Waals surface area contributed by atoms with E-state index in [1.165, 1.54) is 11.3 Å². The molecule has 112 valence electrons. The molecule has 6 heteroatoms. The molecule has 21 heavy (non-hydrogen) atoms. The second kappa shape index (κ2) is 5.97. The van der Waals surface area contributed by atoms with Gasteiger partial charge in [0.1, 0.15) is 5.01 Å². The molecule has 2 heterocycles. The zero-order chi connectivity index (χ0) is 14.8. The number of carboxylic acid groups (broad SMARTS) is 1. The van der Waals surface area contributed by atoms with Gasteiger partial charge in [0.25, 0.3) is 0 Å². The molecule has 1 saturated heterocycles. The summed E-state index contributed by atoms with van der Waals surface area (Å²) in [5.41, 5.74) is 0.0786. The normalized spacial score (nSPS) is 25.2. The highest BCUT2D eigenvalue weighted by atomic mass is 32.1. The molecule has 1 amide bonds. The molecule has 0 spiro atoms. The fourth-order valence-electron chi connectivity index (χ4n) is 3.08. The summed E-state index contributed by atoms with van der Waals surface area (Å²) in [4.78, 5) is 29.7. The number of likely N-dealkylation sites (tertiary alicyclic amines) is 1. The first-order chi connectivity index (χ1) is 10.2. The number of hydrogen-bond acceptors (Lipinski definition) is 4. The summed E-state index contributed by atoms with van der Waals surface area (Å²) in [5.74, 6) is -0.728. The Morgan fingerprint density at radius 1 is 1.33 bits per heavy atom. The van der Waals surface area contributed by atoms with Crippen molar-refractivity contribution in [2.24, 2.45) is 5.92 Å². The quantitative estimate of drug-likeness (QED) is 0.872. The van der Waals surface area contributed by atoms with E-state index in [1.807, 2.05) is 4.90 Å². The lowest BCUT2D eigenvalue weighted by Crippen LogP contribution is -2.36. The highest BCUT2D eigenvalue weighted by Gasteiger charge is 2.35. The van der Waals surface area contributed by atoms with Crippen LogP contribution in [0.3, 0.4) is 0 Å². The van der Waals surface area contributed by atoms with Gasteiger partial charge in [-0.1, -0.05) is 12.2 Å². The van der Waals surface area contributed by atoms with Crippen LogP contribution in [0.15, 0.2) is 17.5 Å². The lowest BCUT2D eigenvalue weighted by Gasteiger charge is -2.28. The van der Waals surface area contributed by atoms with Crippen molar-refractivity contribution in [3.63, 3.8) is 0 Å². The number of hydrogen-bond donors (Lipinski definition) is 1. The van der Waals surface area contributed by atoms with Gasteiger partial charge in [-0.2, -0.15) is 0 Å². The summed E-state index contributed by atoms with van der Waals surface area (Å²) in [5, 5.41) is 11.3. The number of allylic oxidation sites excluding steroid dienone is 2. The van der Waals surface area contributed by atoms with Crippen molar-refractivity contribution < 1.29 is 14.7 Å². The third-order valence-corrected chi connectivity index (χ3v) is 5.13. The first kappa shape index (κ1) is 14.3. The van der Waals surface area contributed by atoms with Gasteiger partial charge < -0.3 is 10.0 Å². The number of carbonyl (C=O) groups excluding carboxylic acids is 1. The monoisotopic (exact) mass is 306 g/mol. The summed E-state index contributed by atoms with van der Waals surface area (Å²) >= 11 is 1.34. The highest BCUT2D eigenvalue weighted by molar-refractivity contribution is 7.09. The third kappa shape index (κ3) is 2.85. The largest absolute Gasteiger partial charge is 0.476 e. The molecular formula is C15H18N2O3S. The second-order valence-corrected chi connectivity index (χ2v) is 6.44. The van der Waals surface area contributed by atoms with E-state index in [9.17, 15) is 9.59 Å². The number of thiazole rings is 1. The Bertz CT molecular complexity index is 581. The minimum Gasteiger partial charge on any atom is -0.476 e.